The monoisotopic (exact) mass is 242 g/mol. The van der Waals surface area contributed by atoms with Crippen LogP contribution in [0.15, 0.2) is 0 Å². The van der Waals surface area contributed by atoms with Crippen molar-refractivity contribution in [1.82, 2.24) is 15.2 Å². The van der Waals surface area contributed by atoms with Gasteiger partial charge in [-0.3, -0.25) is 20.0 Å². The van der Waals surface area contributed by atoms with E-state index in [-0.39, 0.29) is 5.91 Å². The summed E-state index contributed by atoms with van der Waals surface area (Å²) in [5, 5.41) is 0. The Morgan fingerprint density at radius 1 is 1.29 bits per heavy atom. The molecule has 0 atom stereocenters. The van der Waals surface area contributed by atoms with Crippen molar-refractivity contribution >= 4 is 5.91 Å². The number of hydrogen-bond acceptors (Lipinski definition) is 4. The fourth-order valence-electron chi connectivity index (χ4n) is 2.26. The molecule has 0 aromatic carbocycles. The van der Waals surface area contributed by atoms with Gasteiger partial charge in [-0.15, -0.1) is 0 Å². The van der Waals surface area contributed by atoms with E-state index in [0.29, 0.717) is 6.04 Å². The van der Waals surface area contributed by atoms with Crippen LogP contribution in [0, 0.1) is 5.41 Å². The van der Waals surface area contributed by atoms with Crippen molar-refractivity contribution in [2.45, 2.75) is 33.7 Å². The SMILES string of the molecule is CC(C)N1CCN(CC(C)(C)C(=O)NN)CC1. The van der Waals surface area contributed by atoms with Crippen LogP contribution >= 0.6 is 0 Å². The quantitative estimate of drug-likeness (QED) is 0.415. The number of nitrogens with zero attached hydrogens (tertiary/aromatic N) is 2. The third-order valence-corrected chi connectivity index (χ3v) is 3.50. The van der Waals surface area contributed by atoms with E-state index in [4.69, 9.17) is 5.84 Å². The lowest BCUT2D eigenvalue weighted by Crippen LogP contribution is -2.53. The second-order valence-corrected chi connectivity index (χ2v) is 5.76. The zero-order valence-electron chi connectivity index (χ0n) is 11.5. The fourth-order valence-corrected chi connectivity index (χ4v) is 2.26. The lowest BCUT2D eigenvalue weighted by atomic mass is 9.91. The molecular formula is C12H26N4O. The zero-order valence-corrected chi connectivity index (χ0v) is 11.5. The summed E-state index contributed by atoms with van der Waals surface area (Å²) in [7, 11) is 0. The van der Waals surface area contributed by atoms with Crippen LogP contribution in [0.1, 0.15) is 27.7 Å². The second-order valence-electron chi connectivity index (χ2n) is 5.76. The number of carbonyl (C=O) groups is 1. The number of carbonyl (C=O) groups excluding carboxylic acids is 1. The molecule has 100 valence electrons. The molecular weight excluding hydrogens is 216 g/mol. The predicted molar refractivity (Wildman–Crippen MR) is 69.3 cm³/mol. The van der Waals surface area contributed by atoms with E-state index < -0.39 is 5.41 Å². The molecule has 1 fully saturated rings. The van der Waals surface area contributed by atoms with E-state index in [2.05, 4.69) is 29.1 Å². The Balaban J connectivity index is 2.42. The van der Waals surface area contributed by atoms with E-state index in [1.165, 1.54) is 0 Å². The first-order chi connectivity index (χ1) is 7.86. The van der Waals surface area contributed by atoms with Gasteiger partial charge < -0.3 is 0 Å². The Labute approximate surface area is 104 Å². The Morgan fingerprint density at radius 3 is 2.24 bits per heavy atom. The number of nitrogens with two attached hydrogens (primary N) is 1. The molecule has 3 N–H and O–H groups in total. The molecule has 17 heavy (non-hydrogen) atoms. The molecule has 1 aliphatic rings. The Bertz CT molecular complexity index is 257. The summed E-state index contributed by atoms with van der Waals surface area (Å²) in [6.07, 6.45) is 0. The maximum Gasteiger partial charge on any atom is 0.240 e. The van der Waals surface area contributed by atoms with Gasteiger partial charge in [0.05, 0.1) is 5.41 Å². The molecule has 0 spiro atoms. The highest BCUT2D eigenvalue weighted by atomic mass is 16.2. The molecule has 5 heteroatoms. The smallest absolute Gasteiger partial charge is 0.240 e. The van der Waals surface area contributed by atoms with Crippen molar-refractivity contribution in [2.75, 3.05) is 32.7 Å². The molecule has 1 rings (SSSR count). The number of hydrazine groups is 1. The van der Waals surface area contributed by atoms with Crippen molar-refractivity contribution in [3.8, 4) is 0 Å². The van der Waals surface area contributed by atoms with Crippen LogP contribution in [0.2, 0.25) is 0 Å². The minimum Gasteiger partial charge on any atom is -0.300 e. The maximum atomic E-state index is 11.6. The van der Waals surface area contributed by atoms with Crippen LogP contribution in [-0.4, -0.2) is 54.5 Å². The van der Waals surface area contributed by atoms with Crippen molar-refractivity contribution in [3.05, 3.63) is 0 Å². The van der Waals surface area contributed by atoms with Crippen molar-refractivity contribution < 1.29 is 4.79 Å². The van der Waals surface area contributed by atoms with E-state index in [1.54, 1.807) is 0 Å². The second kappa shape index (κ2) is 5.80. The molecule has 1 aliphatic heterocycles. The first kappa shape index (κ1) is 14.4. The van der Waals surface area contributed by atoms with Crippen molar-refractivity contribution in [3.63, 3.8) is 0 Å². The number of hydrogen-bond donors (Lipinski definition) is 2. The van der Waals surface area contributed by atoms with Gasteiger partial charge in [0, 0.05) is 38.8 Å². The average molecular weight is 242 g/mol. The summed E-state index contributed by atoms with van der Waals surface area (Å²) < 4.78 is 0. The average Bonchev–Trinajstić information content (AvgIpc) is 2.28. The molecule has 0 aromatic heterocycles. The third kappa shape index (κ3) is 3.94. The molecule has 1 heterocycles. The van der Waals surface area contributed by atoms with Crippen molar-refractivity contribution in [1.29, 1.82) is 0 Å². The van der Waals surface area contributed by atoms with Crippen LogP contribution in [-0.2, 0) is 4.79 Å². The minimum absolute atomic E-state index is 0.0937. The summed E-state index contributed by atoms with van der Waals surface area (Å²) >= 11 is 0. The normalized spacial score (nSPS) is 19.6. The van der Waals surface area contributed by atoms with E-state index in [1.807, 2.05) is 13.8 Å². The molecule has 0 aliphatic carbocycles. The van der Waals surface area contributed by atoms with Gasteiger partial charge >= 0.3 is 0 Å². The number of nitrogens with one attached hydrogen (secondary N) is 1. The molecule has 0 unspecified atom stereocenters. The highest BCUT2D eigenvalue weighted by molar-refractivity contribution is 5.81. The first-order valence-electron chi connectivity index (χ1n) is 6.34. The van der Waals surface area contributed by atoms with Gasteiger partial charge in [-0.05, 0) is 27.7 Å². The van der Waals surface area contributed by atoms with Crippen LogP contribution < -0.4 is 11.3 Å². The summed E-state index contributed by atoms with van der Waals surface area (Å²) in [6.45, 7) is 13.3. The lowest BCUT2D eigenvalue weighted by molar-refractivity contribution is -0.130. The van der Waals surface area contributed by atoms with Gasteiger partial charge in [-0.25, -0.2) is 5.84 Å². The van der Waals surface area contributed by atoms with Crippen LogP contribution in [0.4, 0.5) is 0 Å². The molecule has 0 bridgehead atoms. The van der Waals surface area contributed by atoms with Gasteiger partial charge in [0.15, 0.2) is 0 Å². The van der Waals surface area contributed by atoms with Crippen molar-refractivity contribution in [2.24, 2.45) is 11.3 Å². The zero-order chi connectivity index (χ0) is 13.1. The summed E-state index contributed by atoms with van der Waals surface area (Å²) in [5.41, 5.74) is 1.82. The molecule has 0 saturated carbocycles. The number of amides is 1. The summed E-state index contributed by atoms with van der Waals surface area (Å²) in [4.78, 5) is 16.4. The molecule has 0 radical (unpaired) electrons. The molecule has 0 aromatic rings. The molecule has 1 saturated heterocycles. The van der Waals surface area contributed by atoms with Gasteiger partial charge in [-0.1, -0.05) is 0 Å². The van der Waals surface area contributed by atoms with Gasteiger partial charge in [0.25, 0.3) is 0 Å². The molecule has 5 nitrogen and oxygen atoms in total. The van der Waals surface area contributed by atoms with Gasteiger partial charge in [-0.2, -0.15) is 0 Å². The van der Waals surface area contributed by atoms with Crippen LogP contribution in [0.25, 0.3) is 0 Å². The lowest BCUT2D eigenvalue weighted by Gasteiger charge is -2.39. The Morgan fingerprint density at radius 2 is 1.82 bits per heavy atom. The Hall–Kier alpha value is -0.650. The summed E-state index contributed by atoms with van der Waals surface area (Å²) in [5.74, 6) is 5.11. The standard InChI is InChI=1S/C12H26N4O/c1-10(2)16-7-5-15(6-8-16)9-12(3,4)11(17)14-13/h10H,5-9,13H2,1-4H3,(H,14,17). The Kier molecular flexibility index (Phi) is 4.91. The highest BCUT2D eigenvalue weighted by Crippen LogP contribution is 2.18. The minimum atomic E-state index is -0.422. The fraction of sp³-hybridized carbons (Fsp3) is 0.917. The van der Waals surface area contributed by atoms with Gasteiger partial charge in [0.1, 0.15) is 0 Å². The predicted octanol–water partition coefficient (Wildman–Crippen LogP) is 0.0285. The van der Waals surface area contributed by atoms with E-state index in [9.17, 15) is 4.79 Å². The topological polar surface area (TPSA) is 61.6 Å². The van der Waals surface area contributed by atoms with Crippen LogP contribution in [0.3, 0.4) is 0 Å². The summed E-state index contributed by atoms with van der Waals surface area (Å²) in [6, 6.07) is 0.609. The highest BCUT2D eigenvalue weighted by Gasteiger charge is 2.31. The largest absolute Gasteiger partial charge is 0.300 e. The van der Waals surface area contributed by atoms with E-state index in [0.717, 1.165) is 32.7 Å². The van der Waals surface area contributed by atoms with Crippen LogP contribution in [0.5, 0.6) is 0 Å². The maximum absolute atomic E-state index is 11.6. The first-order valence-corrected chi connectivity index (χ1v) is 6.34. The third-order valence-electron chi connectivity index (χ3n) is 3.50. The molecule has 1 amide bonds. The number of piperazine rings is 1. The van der Waals surface area contributed by atoms with E-state index >= 15 is 0 Å². The number of rotatable bonds is 4. The van der Waals surface area contributed by atoms with Gasteiger partial charge in [0.2, 0.25) is 5.91 Å².